The molecule has 38 heavy (non-hydrogen) atoms. The highest BCUT2D eigenvalue weighted by molar-refractivity contribution is 6.05. The van der Waals surface area contributed by atoms with Crippen LogP contribution < -0.4 is 20.4 Å². The van der Waals surface area contributed by atoms with Gasteiger partial charge < -0.3 is 14.6 Å². The summed E-state index contributed by atoms with van der Waals surface area (Å²) in [4.78, 5) is 46.5. The number of oxazole rings is 1. The molecule has 2 N–H and O–H groups in total. The molecule has 0 saturated carbocycles. The predicted molar refractivity (Wildman–Crippen MR) is 131 cm³/mol. The molecule has 3 aromatic rings. The van der Waals surface area contributed by atoms with Gasteiger partial charge in [0, 0.05) is 31.8 Å². The van der Waals surface area contributed by atoms with E-state index in [4.69, 9.17) is 4.42 Å². The summed E-state index contributed by atoms with van der Waals surface area (Å²) in [6, 6.07) is 0.455. The van der Waals surface area contributed by atoms with E-state index in [0.29, 0.717) is 48.1 Å². The molecule has 2 aliphatic rings. The topological polar surface area (TPSA) is 129 Å². The first-order valence-electron chi connectivity index (χ1n) is 12.0. The van der Waals surface area contributed by atoms with Crippen molar-refractivity contribution in [3.63, 3.8) is 0 Å². The van der Waals surface area contributed by atoms with Gasteiger partial charge >= 0.3 is 12.2 Å². The second-order valence-corrected chi connectivity index (χ2v) is 9.26. The van der Waals surface area contributed by atoms with Crippen molar-refractivity contribution in [3.8, 4) is 11.3 Å². The van der Waals surface area contributed by atoms with Crippen molar-refractivity contribution in [1.82, 2.24) is 25.3 Å². The number of carbonyl (C=O) groups excluding carboxylic acids is 2. The Morgan fingerprint density at radius 1 is 1.21 bits per heavy atom. The lowest BCUT2D eigenvalue weighted by atomic mass is 9.99. The number of amides is 3. The van der Waals surface area contributed by atoms with E-state index in [1.165, 1.54) is 11.1 Å². The van der Waals surface area contributed by atoms with Crippen molar-refractivity contribution in [2.45, 2.75) is 51.9 Å². The van der Waals surface area contributed by atoms with E-state index in [0.717, 1.165) is 13.3 Å². The van der Waals surface area contributed by atoms with Crippen molar-refractivity contribution in [1.29, 1.82) is 0 Å². The summed E-state index contributed by atoms with van der Waals surface area (Å²) < 4.78 is 44.6. The van der Waals surface area contributed by atoms with Gasteiger partial charge in [-0.1, -0.05) is 0 Å². The van der Waals surface area contributed by atoms with Gasteiger partial charge in [-0.05, 0) is 38.8 Å². The minimum Gasteiger partial charge on any atom is -0.441 e. The molecule has 1 saturated heterocycles. The number of halogens is 3. The van der Waals surface area contributed by atoms with Crippen molar-refractivity contribution >= 4 is 29.3 Å². The second-order valence-electron chi connectivity index (χ2n) is 9.26. The van der Waals surface area contributed by atoms with Crippen molar-refractivity contribution in [2.24, 2.45) is 0 Å². The third-order valence-corrected chi connectivity index (χ3v) is 6.51. The number of anilines is 3. The Morgan fingerprint density at radius 2 is 2.00 bits per heavy atom. The number of rotatable bonds is 4. The molecular formula is C24H25F3N8O3. The summed E-state index contributed by atoms with van der Waals surface area (Å²) in [5.74, 6) is -0.102. The molecule has 200 valence electrons. The number of carbonyl (C=O) groups is 2. The standard InChI is InChI=1S/C24H25F3N8O3/c1-12-19-21(33-20(30-12)22(36)31-13(2)24(25,26)27)35(16-5-4-8-34(19)11-16)23(37)32-18-9-15(6-7-28-18)17-10-29-14(3)38-17/h6-7,9-10,13,16H,4-5,8,11H2,1-3H3,(H,31,36)(H,28,32,37)/t13-,16+/m1/s1. The Balaban J connectivity index is 1.47. The van der Waals surface area contributed by atoms with E-state index < -0.39 is 30.0 Å². The Bertz CT molecular complexity index is 1390. The van der Waals surface area contributed by atoms with Crippen LogP contribution in [0.25, 0.3) is 11.3 Å². The largest absolute Gasteiger partial charge is 0.441 e. The maximum atomic E-state index is 13.6. The molecule has 3 aromatic heterocycles. The van der Waals surface area contributed by atoms with Gasteiger partial charge in [-0.2, -0.15) is 13.2 Å². The number of hydrogen-bond donors (Lipinski definition) is 2. The fraction of sp³-hybridized carbons (Fsp3) is 0.417. The van der Waals surface area contributed by atoms with Crippen LogP contribution in [-0.2, 0) is 0 Å². The number of urea groups is 1. The molecule has 11 nitrogen and oxygen atoms in total. The molecule has 0 radical (unpaired) electrons. The fourth-order valence-electron chi connectivity index (χ4n) is 4.65. The van der Waals surface area contributed by atoms with Crippen LogP contribution in [0.2, 0.25) is 0 Å². The Kier molecular flexibility index (Phi) is 6.41. The van der Waals surface area contributed by atoms with Gasteiger partial charge in [0.25, 0.3) is 5.91 Å². The number of alkyl halides is 3. The quantitative estimate of drug-likeness (QED) is 0.521. The van der Waals surface area contributed by atoms with E-state index in [2.05, 4.69) is 25.3 Å². The van der Waals surface area contributed by atoms with Gasteiger partial charge in [-0.3, -0.25) is 15.0 Å². The van der Waals surface area contributed by atoms with Crippen LogP contribution in [0.1, 0.15) is 42.0 Å². The highest BCUT2D eigenvalue weighted by Crippen LogP contribution is 2.40. The summed E-state index contributed by atoms with van der Waals surface area (Å²) in [6.45, 7) is 5.43. The molecular weight excluding hydrogens is 505 g/mol. The highest BCUT2D eigenvalue weighted by Gasteiger charge is 2.41. The number of pyridine rings is 1. The maximum absolute atomic E-state index is 13.6. The number of fused-ring (bicyclic) bond motifs is 4. The zero-order valence-corrected chi connectivity index (χ0v) is 20.8. The molecule has 2 atom stereocenters. The van der Waals surface area contributed by atoms with E-state index in [1.807, 2.05) is 10.2 Å². The van der Waals surface area contributed by atoms with Gasteiger partial charge in [0.05, 0.1) is 17.9 Å². The second kappa shape index (κ2) is 9.58. The zero-order chi connectivity index (χ0) is 27.2. The number of aryl methyl sites for hydroxylation is 2. The first-order chi connectivity index (χ1) is 18.0. The third kappa shape index (κ3) is 4.85. The number of hydrogen-bond acceptors (Lipinski definition) is 8. The molecule has 1 fully saturated rings. The maximum Gasteiger partial charge on any atom is 0.408 e. The van der Waals surface area contributed by atoms with Crippen LogP contribution in [-0.4, -0.2) is 63.2 Å². The summed E-state index contributed by atoms with van der Waals surface area (Å²) in [7, 11) is 0. The monoisotopic (exact) mass is 530 g/mol. The summed E-state index contributed by atoms with van der Waals surface area (Å²) in [6.07, 6.45) is -0.0356. The molecule has 0 aromatic carbocycles. The molecule has 5 heterocycles. The molecule has 14 heteroatoms. The Morgan fingerprint density at radius 3 is 2.71 bits per heavy atom. The van der Waals surface area contributed by atoms with Crippen LogP contribution in [0.15, 0.2) is 28.9 Å². The lowest BCUT2D eigenvalue weighted by Gasteiger charge is -2.46. The summed E-state index contributed by atoms with van der Waals surface area (Å²) in [5, 5.41) is 4.66. The van der Waals surface area contributed by atoms with Crippen molar-refractivity contribution < 1.29 is 27.2 Å². The predicted octanol–water partition coefficient (Wildman–Crippen LogP) is 3.84. The molecule has 0 aliphatic carbocycles. The fourth-order valence-corrected chi connectivity index (χ4v) is 4.65. The lowest BCUT2D eigenvalue weighted by Crippen LogP contribution is -2.56. The van der Waals surface area contributed by atoms with Crippen LogP contribution in [0.5, 0.6) is 0 Å². The van der Waals surface area contributed by atoms with E-state index in [-0.39, 0.29) is 17.7 Å². The molecule has 2 bridgehead atoms. The van der Waals surface area contributed by atoms with Gasteiger partial charge in [-0.15, -0.1) is 0 Å². The highest BCUT2D eigenvalue weighted by atomic mass is 19.4. The van der Waals surface area contributed by atoms with Crippen LogP contribution in [0, 0.1) is 13.8 Å². The van der Waals surface area contributed by atoms with Gasteiger partial charge in [0.2, 0.25) is 5.82 Å². The number of piperidine rings is 1. The Labute approximate surface area is 215 Å². The van der Waals surface area contributed by atoms with E-state index in [1.54, 1.807) is 32.2 Å². The minimum absolute atomic E-state index is 0.165. The van der Waals surface area contributed by atoms with Crippen LogP contribution in [0.3, 0.4) is 0 Å². The third-order valence-electron chi connectivity index (χ3n) is 6.51. The van der Waals surface area contributed by atoms with Gasteiger partial charge in [0.1, 0.15) is 17.5 Å². The summed E-state index contributed by atoms with van der Waals surface area (Å²) >= 11 is 0. The molecule has 2 aliphatic heterocycles. The number of nitrogens with one attached hydrogen (secondary N) is 2. The Hall–Kier alpha value is -4.23. The van der Waals surface area contributed by atoms with Crippen LogP contribution >= 0.6 is 0 Å². The average molecular weight is 531 g/mol. The van der Waals surface area contributed by atoms with Crippen molar-refractivity contribution in [3.05, 3.63) is 41.9 Å². The molecule has 5 rings (SSSR count). The van der Waals surface area contributed by atoms with Crippen molar-refractivity contribution in [2.75, 3.05) is 28.2 Å². The smallest absolute Gasteiger partial charge is 0.408 e. The van der Waals surface area contributed by atoms with E-state index >= 15 is 0 Å². The minimum atomic E-state index is -4.63. The van der Waals surface area contributed by atoms with Crippen LogP contribution in [0.4, 0.5) is 35.3 Å². The first kappa shape index (κ1) is 25.4. The molecule has 3 amide bonds. The normalized spacial score (nSPS) is 17.6. The number of aromatic nitrogens is 4. The van der Waals surface area contributed by atoms with E-state index in [9.17, 15) is 22.8 Å². The number of nitrogens with zero attached hydrogens (tertiary/aromatic N) is 6. The van der Waals surface area contributed by atoms with Gasteiger partial charge in [0.15, 0.2) is 17.5 Å². The van der Waals surface area contributed by atoms with Gasteiger partial charge in [-0.25, -0.2) is 24.7 Å². The molecule has 0 spiro atoms. The average Bonchev–Trinajstić information content (AvgIpc) is 3.29. The lowest BCUT2D eigenvalue weighted by molar-refractivity contribution is -0.149. The summed E-state index contributed by atoms with van der Waals surface area (Å²) in [5.41, 5.74) is 1.61. The SMILES string of the molecule is Cc1ncc(-c2ccnc(NC(=O)N3c4nc(C(=O)N[C@H](C)C(F)(F)F)nc(C)c4N4CCC[C@H]3C4)c2)o1. The molecule has 0 unspecified atom stereocenters. The zero-order valence-electron chi connectivity index (χ0n) is 20.8. The first-order valence-corrected chi connectivity index (χ1v) is 12.0.